The fourth-order valence-electron chi connectivity index (χ4n) is 11.0. The van der Waals surface area contributed by atoms with Crippen LogP contribution in [-0.4, -0.2) is 56.0 Å². The van der Waals surface area contributed by atoms with Crippen molar-refractivity contribution in [3.05, 3.63) is 164 Å². The van der Waals surface area contributed by atoms with Gasteiger partial charge in [-0.1, -0.05) is 110 Å². The Labute approximate surface area is 405 Å². The number of aromatic nitrogens is 2. The van der Waals surface area contributed by atoms with Crippen molar-refractivity contribution in [3.63, 3.8) is 0 Å². The van der Waals surface area contributed by atoms with Gasteiger partial charge in [-0.25, -0.2) is 0 Å². The van der Waals surface area contributed by atoms with E-state index in [1.54, 1.807) is 11.1 Å². The second-order valence-electron chi connectivity index (χ2n) is 18.1. The van der Waals surface area contributed by atoms with Gasteiger partial charge in [-0.15, -0.1) is 0 Å². The Morgan fingerprint density at radius 2 is 1.19 bits per heavy atom. The normalized spacial score (nSPS) is 21.1. The number of fused-ring (bicyclic) bond motifs is 4. The topological polar surface area (TPSA) is 25.1 Å². The van der Waals surface area contributed by atoms with Gasteiger partial charge in [0.15, 0.2) is 17.5 Å². The van der Waals surface area contributed by atoms with E-state index in [0.29, 0.717) is 19.1 Å². The van der Waals surface area contributed by atoms with Gasteiger partial charge in [0.25, 0.3) is 0 Å². The van der Waals surface area contributed by atoms with Crippen molar-refractivity contribution < 1.29 is 13.9 Å². The third-order valence-electron chi connectivity index (χ3n) is 14.3. The highest BCUT2D eigenvalue weighted by Crippen LogP contribution is 2.46. The summed E-state index contributed by atoms with van der Waals surface area (Å²) in [5, 5.41) is 2.39. The summed E-state index contributed by atoms with van der Waals surface area (Å²) >= 11 is 19.9. The molecule has 2 aliphatic heterocycles. The Balaban J connectivity index is 1.05. The fourth-order valence-corrected chi connectivity index (χ4v) is 11.9. The molecule has 1 saturated carbocycles. The summed E-state index contributed by atoms with van der Waals surface area (Å²) in [6.07, 6.45) is 25.9. The Bertz CT molecular complexity index is 2930. The molecule has 0 N–H and O–H groups in total. The van der Waals surface area contributed by atoms with Crippen LogP contribution in [0.25, 0.3) is 34.0 Å². The number of rotatable bonds is 14. The van der Waals surface area contributed by atoms with Crippen LogP contribution >= 0.6 is 55.1 Å². The number of nitrogens with zero attached hydrogens (tertiary/aromatic N) is 4. The molecule has 0 radical (unpaired) electrons. The van der Waals surface area contributed by atoms with E-state index in [2.05, 4.69) is 205 Å². The first-order chi connectivity index (χ1) is 31.1. The summed E-state index contributed by atoms with van der Waals surface area (Å²) in [6.45, 7) is 6.08. The molecule has 3 unspecified atom stereocenters. The molecule has 9 heteroatoms. The maximum Gasteiger partial charge on any atom is 0.210 e. The van der Waals surface area contributed by atoms with E-state index in [4.69, 9.17) is 27.9 Å². The van der Waals surface area contributed by atoms with E-state index in [0.717, 1.165) is 27.4 Å². The molecular weight excluding hydrogens is 963 g/mol. The Morgan fingerprint density at radius 1 is 0.688 bits per heavy atom. The molecule has 3 aliphatic rings. The maximum absolute atomic E-state index is 6.35. The summed E-state index contributed by atoms with van der Waals surface area (Å²) in [5.74, 6) is 0. The predicted molar refractivity (Wildman–Crippen MR) is 278 cm³/mol. The van der Waals surface area contributed by atoms with Crippen LogP contribution in [0.15, 0.2) is 142 Å². The van der Waals surface area contributed by atoms with Crippen molar-refractivity contribution in [1.82, 2.24) is 9.13 Å². The van der Waals surface area contributed by atoms with Gasteiger partial charge in [0.05, 0.1) is 30.0 Å². The lowest BCUT2D eigenvalue weighted by Crippen LogP contribution is -2.34. The van der Waals surface area contributed by atoms with Crippen LogP contribution in [0.2, 0.25) is 0 Å². The molecule has 1 fully saturated rings. The quantitative estimate of drug-likeness (QED) is 0.0998. The summed E-state index contributed by atoms with van der Waals surface area (Å²) in [7, 11) is 4.00. The first-order valence-electron chi connectivity index (χ1n) is 22.5. The molecule has 6 aromatic rings. The second-order valence-corrected chi connectivity index (χ2v) is 20.5. The van der Waals surface area contributed by atoms with Crippen molar-refractivity contribution in [3.8, 4) is 0 Å². The zero-order chi connectivity index (χ0) is 44.6. The summed E-state index contributed by atoms with van der Waals surface area (Å²) < 4.78 is 18.2. The average molecular weight is 1020 g/mol. The summed E-state index contributed by atoms with van der Waals surface area (Å²) in [6, 6.07) is 31.4. The van der Waals surface area contributed by atoms with Gasteiger partial charge in [-0.05, 0) is 88.1 Å². The van der Waals surface area contributed by atoms with Gasteiger partial charge in [-0.3, -0.25) is 0 Å². The zero-order valence-electron chi connectivity index (χ0n) is 37.1. The number of ether oxygens (including phenoxy) is 1. The summed E-state index contributed by atoms with van der Waals surface area (Å²) in [4.78, 5) is 0. The molecule has 328 valence electrons. The van der Waals surface area contributed by atoms with E-state index >= 15 is 0 Å². The third-order valence-corrected chi connectivity index (χ3v) is 15.6. The van der Waals surface area contributed by atoms with Gasteiger partial charge in [0.1, 0.15) is 7.05 Å². The highest BCUT2D eigenvalue weighted by Gasteiger charge is 2.49. The van der Waals surface area contributed by atoms with Crippen molar-refractivity contribution in [1.29, 1.82) is 0 Å². The van der Waals surface area contributed by atoms with Crippen LogP contribution in [0.3, 0.4) is 0 Å². The zero-order valence-corrected chi connectivity index (χ0v) is 41.8. The molecule has 64 heavy (non-hydrogen) atoms. The lowest BCUT2D eigenvalue weighted by Gasteiger charge is -2.22. The molecule has 4 heterocycles. The van der Waals surface area contributed by atoms with Gasteiger partial charge >= 0.3 is 0 Å². The van der Waals surface area contributed by atoms with Crippen molar-refractivity contribution in [2.75, 3.05) is 14.2 Å². The standard InChI is InChI=1S/C55H56Br2Cl2N4O/c1-54(28-12-30-58)46-16-8-10-18-50(46)60(3)52(54)26-20-38-34-61(48-24-22-40(56)32-44(38)48)36-43(64-4)37-62-35-39(45-33-41(57)23-25-49(45)62)21-27-53-55(2,29-13-31-59)47-17-9-11-19-51(47)63(53)42-14-6-5-7-15-42/h8-13,16-27,30-35,42-43H,5-7,14-15,28-29,36-37H2,1-4H3/q+2. The third kappa shape index (κ3) is 8.30. The predicted octanol–water partition coefficient (Wildman–Crippen LogP) is 15.2. The first-order valence-corrected chi connectivity index (χ1v) is 25.0. The number of benzene rings is 4. The number of hydrogen-bond donors (Lipinski definition) is 0. The molecule has 0 spiro atoms. The van der Waals surface area contributed by atoms with Gasteiger partial charge in [0, 0.05) is 121 Å². The van der Waals surface area contributed by atoms with E-state index in [-0.39, 0.29) is 16.9 Å². The van der Waals surface area contributed by atoms with E-state index in [1.807, 2.05) is 7.11 Å². The lowest BCUT2D eigenvalue weighted by atomic mass is 9.76. The molecule has 2 aromatic heterocycles. The summed E-state index contributed by atoms with van der Waals surface area (Å²) in [5.41, 5.74) is 15.4. The minimum Gasteiger partial charge on any atom is -0.378 e. The van der Waals surface area contributed by atoms with Crippen molar-refractivity contribution in [2.24, 2.45) is 0 Å². The number of para-hydroxylation sites is 2. The maximum atomic E-state index is 6.35. The molecule has 0 saturated heterocycles. The molecule has 5 nitrogen and oxygen atoms in total. The molecule has 1 aliphatic carbocycles. The highest BCUT2D eigenvalue weighted by molar-refractivity contribution is 9.10. The molecule has 4 aromatic carbocycles. The smallest absolute Gasteiger partial charge is 0.210 e. The van der Waals surface area contributed by atoms with Crippen molar-refractivity contribution in [2.45, 2.75) is 94.9 Å². The van der Waals surface area contributed by atoms with E-state index in [9.17, 15) is 0 Å². The highest BCUT2D eigenvalue weighted by atomic mass is 79.9. The Morgan fingerprint density at radius 3 is 1.73 bits per heavy atom. The van der Waals surface area contributed by atoms with Gasteiger partial charge < -0.3 is 13.9 Å². The van der Waals surface area contributed by atoms with Crippen LogP contribution < -0.4 is 0 Å². The van der Waals surface area contributed by atoms with Crippen LogP contribution in [0.1, 0.15) is 81.0 Å². The van der Waals surface area contributed by atoms with Crippen LogP contribution in [0, 0.1) is 0 Å². The molecule has 9 rings (SSSR count). The Hall–Kier alpha value is -4.24. The number of halogens is 4. The fraction of sp³-hybridized carbons (Fsp3) is 0.309. The van der Waals surface area contributed by atoms with Crippen molar-refractivity contribution >= 4 is 112 Å². The number of hydrogen-bond acceptors (Lipinski definition) is 1. The SMILES string of the molecule is COC(Cn1cc(C=CC2=[N+](C)c3ccccc3C2(C)CC=CCl)c2cc(Br)ccc21)Cn1cc(C=CC2=[N+](C3CCCCC3)c3ccccc3C2(C)CC=CCl)c2cc(Br)ccc21. The first kappa shape index (κ1) is 44.9. The molecular formula is C55H56Br2Cl2N4O+2. The van der Waals surface area contributed by atoms with E-state index in [1.165, 1.54) is 93.4 Å². The molecule has 0 bridgehead atoms. The van der Waals surface area contributed by atoms with Crippen LogP contribution in [-0.2, 0) is 28.7 Å². The van der Waals surface area contributed by atoms with Gasteiger partial charge in [0.2, 0.25) is 11.4 Å². The minimum atomic E-state index is -0.215. The largest absolute Gasteiger partial charge is 0.378 e. The van der Waals surface area contributed by atoms with Gasteiger partial charge in [-0.2, -0.15) is 9.15 Å². The van der Waals surface area contributed by atoms with Crippen LogP contribution in [0.5, 0.6) is 0 Å². The van der Waals surface area contributed by atoms with Crippen LogP contribution in [0.4, 0.5) is 11.4 Å². The minimum absolute atomic E-state index is 0.103. The number of allylic oxidation sites excluding steroid dienone is 4. The Kier molecular flexibility index (Phi) is 13.3. The molecule has 0 amide bonds. The number of methoxy groups -OCH3 is 1. The second kappa shape index (κ2) is 18.9. The monoisotopic (exact) mass is 1020 g/mol. The lowest BCUT2D eigenvalue weighted by molar-refractivity contribution is -0.487. The van der Waals surface area contributed by atoms with E-state index < -0.39 is 0 Å². The average Bonchev–Trinajstić information content (AvgIpc) is 3.97. The molecule has 3 atom stereocenters.